The average Bonchev–Trinajstić information content (AvgIpc) is 3.87. The van der Waals surface area contributed by atoms with E-state index in [0.717, 1.165) is 24.0 Å². The van der Waals surface area contributed by atoms with Gasteiger partial charge >= 0.3 is 11.9 Å². The van der Waals surface area contributed by atoms with E-state index in [1.54, 1.807) is 32.1 Å². The lowest BCUT2D eigenvalue weighted by molar-refractivity contribution is -0.197. The van der Waals surface area contributed by atoms with Crippen LogP contribution in [0.25, 0.3) is 0 Å². The topological polar surface area (TPSA) is 201 Å². The summed E-state index contributed by atoms with van der Waals surface area (Å²) in [6.07, 6.45) is 11.3. The van der Waals surface area contributed by atoms with Gasteiger partial charge in [0.2, 0.25) is 11.8 Å². The van der Waals surface area contributed by atoms with E-state index in [1.165, 1.54) is 13.0 Å². The van der Waals surface area contributed by atoms with Crippen molar-refractivity contribution in [1.29, 1.82) is 0 Å². The van der Waals surface area contributed by atoms with Gasteiger partial charge in [0.15, 0.2) is 0 Å². The van der Waals surface area contributed by atoms with Crippen molar-refractivity contribution < 1.29 is 57.3 Å². The number of nitrogens with one attached hydrogen (secondary N) is 2. The third-order valence-corrected chi connectivity index (χ3v) is 10.8. The molecule has 16 nitrogen and oxygen atoms in total. The Morgan fingerprint density at radius 3 is 2.42 bits per heavy atom. The van der Waals surface area contributed by atoms with Gasteiger partial charge in [-0.3, -0.25) is 24.0 Å². The van der Waals surface area contributed by atoms with Gasteiger partial charge in [-0.15, -0.1) is 5.06 Å². The molecule has 4 amide bonds. The molecule has 0 bridgehead atoms. The van der Waals surface area contributed by atoms with E-state index in [2.05, 4.69) is 28.8 Å². The van der Waals surface area contributed by atoms with Gasteiger partial charge < -0.3 is 33.8 Å². The monoisotopic (exact) mass is 834 g/mol. The Morgan fingerprint density at radius 2 is 1.73 bits per heavy atom. The van der Waals surface area contributed by atoms with E-state index < -0.39 is 29.9 Å². The molecule has 16 heteroatoms. The Bertz CT molecular complexity index is 1840. The number of rotatable bonds is 18. The number of nitrogens with zero attached hydrogens (tertiary/aromatic N) is 2. The van der Waals surface area contributed by atoms with Crippen LogP contribution in [-0.2, 0) is 52.6 Å². The SMILES string of the molecule is CC(=O)O[C@@H](C)/C=C\C(=O)N[C@@H]1C[C@H](C)[C@H](C/C=C(C)/C=C/[C@@H]2C[C@]3(CO3)C[C@@H](CC(=O)N/N=C(/C)c3ccc(OCCCC(=O)ON4C(=O)CCC4=O)cc3)O2)O[C@@H]1C. The molecule has 0 unspecified atom stereocenters. The molecule has 0 aromatic heterocycles. The summed E-state index contributed by atoms with van der Waals surface area (Å²) >= 11 is 0. The van der Waals surface area contributed by atoms with Gasteiger partial charge in [-0.2, -0.15) is 5.10 Å². The summed E-state index contributed by atoms with van der Waals surface area (Å²) in [5.41, 5.74) is 4.82. The van der Waals surface area contributed by atoms with Crippen molar-refractivity contribution >= 4 is 41.3 Å². The summed E-state index contributed by atoms with van der Waals surface area (Å²) in [5.74, 6) is -1.84. The maximum atomic E-state index is 13.0. The van der Waals surface area contributed by atoms with Crippen LogP contribution < -0.4 is 15.5 Å². The molecule has 4 fully saturated rings. The predicted molar refractivity (Wildman–Crippen MR) is 218 cm³/mol. The first-order valence-corrected chi connectivity index (χ1v) is 20.7. The maximum absolute atomic E-state index is 13.0. The van der Waals surface area contributed by atoms with Gasteiger partial charge in [0.25, 0.3) is 11.8 Å². The minimum atomic E-state index is -0.675. The first-order chi connectivity index (χ1) is 28.6. The number of allylic oxidation sites excluding steroid dienone is 2. The second kappa shape index (κ2) is 21.4. The minimum absolute atomic E-state index is 0.000272. The van der Waals surface area contributed by atoms with Crippen molar-refractivity contribution in [3.05, 3.63) is 65.8 Å². The van der Waals surface area contributed by atoms with E-state index >= 15 is 0 Å². The van der Waals surface area contributed by atoms with Crippen molar-refractivity contribution in [3.63, 3.8) is 0 Å². The van der Waals surface area contributed by atoms with Crippen LogP contribution in [0.1, 0.15) is 105 Å². The molecule has 8 atom stereocenters. The summed E-state index contributed by atoms with van der Waals surface area (Å²) < 4.78 is 29.2. The second-order valence-electron chi connectivity index (χ2n) is 16.1. The molecule has 326 valence electrons. The highest BCUT2D eigenvalue weighted by atomic mass is 16.7. The van der Waals surface area contributed by atoms with E-state index in [-0.39, 0.29) is 86.1 Å². The van der Waals surface area contributed by atoms with Gasteiger partial charge in [-0.1, -0.05) is 30.7 Å². The van der Waals surface area contributed by atoms with Gasteiger partial charge in [0.05, 0.1) is 67.8 Å². The number of benzene rings is 1. The number of hydrogen-bond acceptors (Lipinski definition) is 13. The van der Waals surface area contributed by atoms with E-state index in [9.17, 15) is 28.8 Å². The number of amides is 4. The van der Waals surface area contributed by atoms with Crippen LogP contribution in [0.5, 0.6) is 5.75 Å². The predicted octanol–water partition coefficient (Wildman–Crippen LogP) is 4.70. The maximum Gasteiger partial charge on any atom is 0.333 e. The van der Waals surface area contributed by atoms with Crippen molar-refractivity contribution in [3.8, 4) is 5.75 Å². The van der Waals surface area contributed by atoms with Gasteiger partial charge in [-0.05, 0) is 88.8 Å². The molecule has 4 aliphatic rings. The number of imide groups is 1. The number of hydrogen-bond donors (Lipinski definition) is 2. The average molecular weight is 835 g/mol. The molecule has 1 aromatic carbocycles. The molecular weight excluding hydrogens is 777 g/mol. The van der Waals surface area contributed by atoms with Crippen molar-refractivity contribution in [1.82, 2.24) is 15.8 Å². The summed E-state index contributed by atoms with van der Waals surface area (Å²) in [4.78, 5) is 76.6. The third-order valence-electron chi connectivity index (χ3n) is 10.8. The minimum Gasteiger partial charge on any atom is -0.494 e. The van der Waals surface area contributed by atoms with Crippen LogP contribution in [0.2, 0.25) is 0 Å². The fourth-order valence-electron chi connectivity index (χ4n) is 7.34. The standard InChI is InChI=1S/C44H58N4O12/c1-27(10-17-38-28(2)22-37(31(5)58-38)45-39(50)18-11-29(3)57-32(6)49)9-14-35-24-44(26-56-44)25-36(59-35)23-40(51)47-46-30(4)33-12-15-34(16-13-33)55-21-7-8-43(54)60-48-41(52)19-20-42(48)53/h9-16,18,28-29,31,35-38H,7-8,17,19-26H2,1-6H3,(H,45,50)(H,47,51)/b14-9+,18-11-,27-10+,46-30-/t28-,29-,31+,35+,36+,37+,38-,44+/m0/s1. The van der Waals surface area contributed by atoms with E-state index in [0.29, 0.717) is 42.4 Å². The van der Waals surface area contributed by atoms with Crippen LogP contribution in [0.15, 0.2) is 65.3 Å². The number of epoxide rings is 1. The van der Waals surface area contributed by atoms with E-state index in [1.807, 2.05) is 38.1 Å². The Kier molecular flexibility index (Phi) is 16.3. The lowest BCUT2D eigenvalue weighted by atomic mass is 9.88. The number of carbonyl (C=O) groups excluding carboxylic acids is 6. The number of ether oxygens (including phenoxy) is 5. The normalized spacial score (nSPS) is 27.6. The fraction of sp³-hybridized carbons (Fsp3) is 0.568. The quantitative estimate of drug-likeness (QED) is 0.0303. The second-order valence-corrected chi connectivity index (χ2v) is 16.1. The molecule has 4 aliphatic heterocycles. The summed E-state index contributed by atoms with van der Waals surface area (Å²) in [7, 11) is 0. The van der Waals surface area contributed by atoms with Crippen molar-refractivity contribution in [2.75, 3.05) is 13.2 Å². The molecule has 0 radical (unpaired) electrons. The van der Waals surface area contributed by atoms with Crippen LogP contribution in [-0.4, -0.2) is 102 Å². The lowest BCUT2D eigenvalue weighted by Gasteiger charge is -2.39. The number of esters is 1. The van der Waals surface area contributed by atoms with Crippen LogP contribution in [0.4, 0.5) is 0 Å². The first-order valence-electron chi connectivity index (χ1n) is 20.7. The Labute approximate surface area is 351 Å². The highest BCUT2D eigenvalue weighted by Crippen LogP contribution is 2.43. The molecule has 5 rings (SSSR count). The molecule has 4 heterocycles. The molecule has 2 N–H and O–H groups in total. The van der Waals surface area contributed by atoms with Crippen LogP contribution in [0.3, 0.4) is 0 Å². The van der Waals surface area contributed by atoms with E-state index in [4.69, 9.17) is 28.5 Å². The summed E-state index contributed by atoms with van der Waals surface area (Å²) in [5, 5.41) is 7.84. The zero-order valence-corrected chi connectivity index (χ0v) is 35.3. The Morgan fingerprint density at radius 1 is 1.02 bits per heavy atom. The number of hydrazone groups is 1. The molecule has 1 spiro atoms. The largest absolute Gasteiger partial charge is 0.494 e. The van der Waals surface area contributed by atoms with Gasteiger partial charge in [0, 0.05) is 38.7 Å². The lowest BCUT2D eigenvalue weighted by Crippen LogP contribution is -2.50. The van der Waals surface area contributed by atoms with Crippen LogP contribution >= 0.6 is 0 Å². The molecule has 4 saturated heterocycles. The third kappa shape index (κ3) is 14.2. The molecule has 1 aromatic rings. The highest BCUT2D eigenvalue weighted by Gasteiger charge is 2.51. The number of carbonyl (C=O) groups is 6. The molecule has 60 heavy (non-hydrogen) atoms. The zero-order chi connectivity index (χ0) is 43.4. The van der Waals surface area contributed by atoms with Crippen LogP contribution in [0, 0.1) is 5.92 Å². The molecule has 0 saturated carbocycles. The molecule has 0 aliphatic carbocycles. The number of hydroxylamine groups is 2. The van der Waals surface area contributed by atoms with Crippen molar-refractivity contribution in [2.24, 2.45) is 11.0 Å². The highest BCUT2D eigenvalue weighted by molar-refractivity contribution is 6.01. The Balaban J connectivity index is 1.01. The summed E-state index contributed by atoms with van der Waals surface area (Å²) in [6, 6.07) is 7.00. The summed E-state index contributed by atoms with van der Waals surface area (Å²) in [6.45, 7) is 11.8. The fourth-order valence-corrected chi connectivity index (χ4v) is 7.34. The zero-order valence-electron chi connectivity index (χ0n) is 35.3. The molecular formula is C44H58N4O12. The smallest absolute Gasteiger partial charge is 0.333 e. The Hall–Kier alpha value is -5.19. The first kappa shape index (κ1) is 45.9. The van der Waals surface area contributed by atoms with Crippen molar-refractivity contribution in [2.45, 2.75) is 141 Å². The van der Waals surface area contributed by atoms with Gasteiger partial charge in [0.1, 0.15) is 11.9 Å². The van der Waals surface area contributed by atoms with Gasteiger partial charge in [-0.25, -0.2) is 10.2 Å².